The summed E-state index contributed by atoms with van der Waals surface area (Å²) in [6.45, 7) is 0.629. The Labute approximate surface area is 112 Å². The first kappa shape index (κ1) is 13.8. The van der Waals surface area contributed by atoms with E-state index in [4.69, 9.17) is 15.7 Å². The quantitative estimate of drug-likeness (QED) is 0.317. The van der Waals surface area contributed by atoms with E-state index >= 15 is 0 Å². The van der Waals surface area contributed by atoms with Gasteiger partial charge >= 0.3 is 0 Å². The van der Waals surface area contributed by atoms with E-state index in [-0.39, 0.29) is 11.9 Å². The fourth-order valence-corrected chi connectivity index (χ4v) is 2.54. The van der Waals surface area contributed by atoms with Crippen LogP contribution in [-0.4, -0.2) is 35.3 Å². The molecule has 1 heterocycles. The van der Waals surface area contributed by atoms with Crippen LogP contribution in [0.5, 0.6) is 0 Å². The zero-order chi connectivity index (χ0) is 13.7. The molecular weight excluding hydrogens is 244 g/mol. The molecule has 0 aliphatic heterocycles. The van der Waals surface area contributed by atoms with Crippen molar-refractivity contribution in [2.24, 2.45) is 10.9 Å². The molecule has 0 spiro atoms. The number of hydrogen-bond acceptors (Lipinski definition) is 5. The molecule has 1 fully saturated rings. The van der Waals surface area contributed by atoms with Crippen molar-refractivity contribution in [1.29, 1.82) is 0 Å². The Morgan fingerprint density at radius 1 is 1.63 bits per heavy atom. The first-order valence-electron chi connectivity index (χ1n) is 6.44. The molecule has 0 aromatic carbocycles. The maximum Gasteiger partial charge on any atom is 0.189 e. The highest BCUT2D eigenvalue weighted by Crippen LogP contribution is 2.22. The Kier molecular flexibility index (Phi) is 4.70. The second-order valence-corrected chi connectivity index (χ2v) is 4.69. The van der Waals surface area contributed by atoms with E-state index < -0.39 is 0 Å². The Hall–Kier alpha value is -1.66. The molecule has 1 aliphatic rings. The largest absolute Gasteiger partial charge is 0.409 e. The van der Waals surface area contributed by atoms with Gasteiger partial charge in [-0.2, -0.15) is 0 Å². The number of aromatic nitrogens is 1. The van der Waals surface area contributed by atoms with Crippen molar-refractivity contribution in [1.82, 2.24) is 10.3 Å². The molecule has 19 heavy (non-hydrogen) atoms. The summed E-state index contributed by atoms with van der Waals surface area (Å²) in [6.07, 6.45) is 5.27. The summed E-state index contributed by atoms with van der Waals surface area (Å²) in [5, 5.41) is 15.2. The van der Waals surface area contributed by atoms with Crippen LogP contribution in [0.1, 0.15) is 30.5 Å². The van der Waals surface area contributed by atoms with Crippen molar-refractivity contribution in [3.05, 3.63) is 29.6 Å². The number of hydrogen-bond donors (Lipinski definition) is 3. The van der Waals surface area contributed by atoms with Gasteiger partial charge in [-0.1, -0.05) is 11.2 Å². The number of oxime groups is 1. The predicted molar refractivity (Wildman–Crippen MR) is 72.0 cm³/mol. The highest BCUT2D eigenvalue weighted by atomic mass is 16.5. The van der Waals surface area contributed by atoms with Crippen LogP contribution in [0.3, 0.4) is 0 Å². The number of methoxy groups -OCH3 is 1. The molecule has 2 rings (SSSR count). The topological polar surface area (TPSA) is 92.8 Å². The van der Waals surface area contributed by atoms with Gasteiger partial charge in [-0.05, 0) is 30.9 Å². The first-order chi connectivity index (χ1) is 9.26. The van der Waals surface area contributed by atoms with Gasteiger partial charge in [0, 0.05) is 25.9 Å². The number of nitrogens with two attached hydrogens (primary N) is 1. The fourth-order valence-electron chi connectivity index (χ4n) is 2.54. The predicted octanol–water partition coefficient (Wildman–Crippen LogP) is 0.833. The Bertz CT molecular complexity index is 450. The first-order valence-corrected chi connectivity index (χ1v) is 6.44. The standard InChI is InChI=1S/C13H20N4O2/c1-19-11-6-2-5-10(11)16-8-9-4-3-7-15-12(9)13(14)17-18/h3-4,7,10-11,16,18H,2,5-6,8H2,1H3,(H2,14,17). The molecule has 1 aromatic heterocycles. The monoisotopic (exact) mass is 264 g/mol. The average Bonchev–Trinajstić information content (AvgIpc) is 2.92. The molecule has 4 N–H and O–H groups in total. The number of rotatable bonds is 5. The van der Waals surface area contributed by atoms with E-state index in [0.29, 0.717) is 18.3 Å². The van der Waals surface area contributed by atoms with E-state index in [1.165, 1.54) is 6.42 Å². The van der Waals surface area contributed by atoms with Gasteiger partial charge in [0.1, 0.15) is 5.69 Å². The van der Waals surface area contributed by atoms with Crippen LogP contribution in [0, 0.1) is 0 Å². The Morgan fingerprint density at radius 3 is 3.21 bits per heavy atom. The van der Waals surface area contributed by atoms with Gasteiger partial charge < -0.3 is 21.0 Å². The van der Waals surface area contributed by atoms with Crippen LogP contribution in [0.2, 0.25) is 0 Å². The third-order valence-corrected chi connectivity index (χ3v) is 3.55. The van der Waals surface area contributed by atoms with Crippen molar-refractivity contribution < 1.29 is 9.94 Å². The second-order valence-electron chi connectivity index (χ2n) is 4.69. The highest BCUT2D eigenvalue weighted by molar-refractivity contribution is 5.96. The van der Waals surface area contributed by atoms with Crippen molar-refractivity contribution in [2.75, 3.05) is 7.11 Å². The van der Waals surface area contributed by atoms with Crippen LogP contribution >= 0.6 is 0 Å². The summed E-state index contributed by atoms with van der Waals surface area (Å²) >= 11 is 0. The molecule has 0 saturated heterocycles. The summed E-state index contributed by atoms with van der Waals surface area (Å²) < 4.78 is 5.44. The van der Waals surface area contributed by atoms with Crippen LogP contribution < -0.4 is 11.1 Å². The third-order valence-electron chi connectivity index (χ3n) is 3.55. The summed E-state index contributed by atoms with van der Waals surface area (Å²) in [7, 11) is 1.75. The van der Waals surface area contributed by atoms with Crippen molar-refractivity contribution in [2.45, 2.75) is 38.0 Å². The number of pyridine rings is 1. The lowest BCUT2D eigenvalue weighted by Gasteiger charge is -2.20. The molecule has 1 aliphatic carbocycles. The second kappa shape index (κ2) is 6.49. The molecule has 0 bridgehead atoms. The van der Waals surface area contributed by atoms with Gasteiger partial charge in [0.2, 0.25) is 0 Å². The smallest absolute Gasteiger partial charge is 0.189 e. The maximum atomic E-state index is 8.76. The van der Waals surface area contributed by atoms with Crippen molar-refractivity contribution in [3.8, 4) is 0 Å². The van der Waals surface area contributed by atoms with E-state index in [9.17, 15) is 0 Å². The zero-order valence-electron chi connectivity index (χ0n) is 11.0. The molecule has 1 aromatic rings. The summed E-state index contributed by atoms with van der Waals surface area (Å²) in [5.41, 5.74) is 7.05. The SMILES string of the molecule is COC1CCCC1NCc1cccnc1C(N)=NO. The van der Waals surface area contributed by atoms with Crippen molar-refractivity contribution >= 4 is 5.84 Å². The molecule has 6 heteroatoms. The van der Waals surface area contributed by atoms with Gasteiger partial charge in [-0.15, -0.1) is 0 Å². The average molecular weight is 264 g/mol. The van der Waals surface area contributed by atoms with Crippen molar-refractivity contribution in [3.63, 3.8) is 0 Å². The molecule has 2 atom stereocenters. The number of nitrogens with zero attached hydrogens (tertiary/aromatic N) is 2. The van der Waals surface area contributed by atoms with Gasteiger partial charge in [0.25, 0.3) is 0 Å². The number of amidine groups is 1. The summed E-state index contributed by atoms with van der Waals surface area (Å²) in [4.78, 5) is 4.15. The molecule has 0 radical (unpaired) electrons. The molecule has 104 valence electrons. The molecular formula is C13H20N4O2. The highest BCUT2D eigenvalue weighted by Gasteiger charge is 2.26. The van der Waals surface area contributed by atoms with Crippen LogP contribution in [0.15, 0.2) is 23.5 Å². The Morgan fingerprint density at radius 2 is 2.47 bits per heavy atom. The van der Waals surface area contributed by atoms with Gasteiger partial charge in [0.05, 0.1) is 6.10 Å². The number of ether oxygens (including phenoxy) is 1. The Balaban J connectivity index is 2.03. The molecule has 1 saturated carbocycles. The van der Waals surface area contributed by atoms with E-state index in [1.807, 2.05) is 12.1 Å². The van der Waals surface area contributed by atoms with Crippen LogP contribution in [0.25, 0.3) is 0 Å². The maximum absolute atomic E-state index is 8.76. The molecule has 2 unspecified atom stereocenters. The lowest BCUT2D eigenvalue weighted by Crippen LogP contribution is -2.36. The normalized spacial score (nSPS) is 23.7. The van der Waals surface area contributed by atoms with Crippen LogP contribution in [-0.2, 0) is 11.3 Å². The molecule has 0 amide bonds. The minimum Gasteiger partial charge on any atom is -0.409 e. The van der Waals surface area contributed by atoms with Gasteiger partial charge in [-0.25, -0.2) is 0 Å². The zero-order valence-corrected chi connectivity index (χ0v) is 11.0. The van der Waals surface area contributed by atoms with E-state index in [2.05, 4.69) is 15.5 Å². The lowest BCUT2D eigenvalue weighted by atomic mass is 10.1. The van der Waals surface area contributed by atoms with Gasteiger partial charge in [0.15, 0.2) is 5.84 Å². The molecule has 6 nitrogen and oxygen atoms in total. The number of nitrogens with one attached hydrogen (secondary N) is 1. The van der Waals surface area contributed by atoms with E-state index in [0.717, 1.165) is 18.4 Å². The summed E-state index contributed by atoms with van der Waals surface area (Å²) in [6, 6.07) is 4.11. The lowest BCUT2D eigenvalue weighted by molar-refractivity contribution is 0.0847. The van der Waals surface area contributed by atoms with E-state index in [1.54, 1.807) is 13.3 Å². The van der Waals surface area contributed by atoms with Crippen LogP contribution in [0.4, 0.5) is 0 Å². The fraction of sp³-hybridized carbons (Fsp3) is 0.538. The summed E-state index contributed by atoms with van der Waals surface area (Å²) in [5.74, 6) is 0.0344. The third kappa shape index (κ3) is 3.21. The van der Waals surface area contributed by atoms with Gasteiger partial charge in [-0.3, -0.25) is 4.98 Å². The minimum absolute atomic E-state index is 0.0344. The minimum atomic E-state index is 0.0344.